The molecule has 1 amide bonds. The summed E-state index contributed by atoms with van der Waals surface area (Å²) in [6.45, 7) is 3.94. The standard InChI is InChI=1S/C16H24N4O/c17-13-16(5-3-6-16)12-15(21)20-10-8-19(9-11-20)14-4-1-2-7-18-14/h1-2,4,7H,3,5-6,8-13,17H2. The molecular formula is C16H24N4O. The molecule has 5 heteroatoms. The van der Waals surface area contributed by atoms with Gasteiger partial charge in [-0.2, -0.15) is 0 Å². The minimum absolute atomic E-state index is 0.106. The first-order chi connectivity index (χ1) is 10.2. The van der Waals surface area contributed by atoms with E-state index in [-0.39, 0.29) is 11.3 Å². The van der Waals surface area contributed by atoms with Gasteiger partial charge in [-0.3, -0.25) is 4.79 Å². The highest BCUT2D eigenvalue weighted by atomic mass is 16.2. The van der Waals surface area contributed by atoms with Gasteiger partial charge in [0.1, 0.15) is 5.82 Å². The second-order valence-corrected chi connectivity index (χ2v) is 6.29. The van der Waals surface area contributed by atoms with E-state index in [1.165, 1.54) is 6.42 Å². The highest BCUT2D eigenvalue weighted by molar-refractivity contribution is 5.77. The number of nitrogens with two attached hydrogens (primary N) is 1. The van der Waals surface area contributed by atoms with Gasteiger partial charge in [0.2, 0.25) is 5.91 Å². The van der Waals surface area contributed by atoms with Crippen molar-refractivity contribution in [1.82, 2.24) is 9.88 Å². The first-order valence-corrected chi connectivity index (χ1v) is 7.86. The Bertz CT molecular complexity index is 473. The fourth-order valence-electron chi connectivity index (χ4n) is 3.29. The van der Waals surface area contributed by atoms with Crippen LogP contribution >= 0.6 is 0 Å². The number of rotatable bonds is 4. The third kappa shape index (κ3) is 3.02. The average Bonchev–Trinajstić information content (AvgIpc) is 2.52. The van der Waals surface area contributed by atoms with Crippen molar-refractivity contribution in [2.24, 2.45) is 11.1 Å². The van der Waals surface area contributed by atoms with Gasteiger partial charge >= 0.3 is 0 Å². The molecule has 0 unspecified atom stereocenters. The Morgan fingerprint density at radius 3 is 2.52 bits per heavy atom. The van der Waals surface area contributed by atoms with Crippen LogP contribution in [0, 0.1) is 5.41 Å². The fraction of sp³-hybridized carbons (Fsp3) is 0.625. The van der Waals surface area contributed by atoms with Crippen LogP contribution in [-0.2, 0) is 4.79 Å². The maximum Gasteiger partial charge on any atom is 0.223 e. The first kappa shape index (κ1) is 14.3. The van der Waals surface area contributed by atoms with Crippen molar-refractivity contribution < 1.29 is 4.79 Å². The summed E-state index contributed by atoms with van der Waals surface area (Å²) in [5.74, 6) is 1.28. The Balaban J connectivity index is 1.52. The molecule has 2 fully saturated rings. The zero-order valence-corrected chi connectivity index (χ0v) is 12.5. The average molecular weight is 288 g/mol. The van der Waals surface area contributed by atoms with E-state index in [2.05, 4.69) is 9.88 Å². The number of amides is 1. The molecule has 5 nitrogen and oxygen atoms in total. The van der Waals surface area contributed by atoms with E-state index >= 15 is 0 Å². The molecule has 21 heavy (non-hydrogen) atoms. The van der Waals surface area contributed by atoms with Crippen molar-refractivity contribution in [3.63, 3.8) is 0 Å². The predicted octanol–water partition coefficient (Wildman–Crippen LogP) is 1.25. The molecule has 1 aromatic heterocycles. The van der Waals surface area contributed by atoms with Crippen LogP contribution in [0.1, 0.15) is 25.7 Å². The molecule has 2 heterocycles. The summed E-state index contributed by atoms with van der Waals surface area (Å²) in [5.41, 5.74) is 5.96. The number of carbonyl (C=O) groups is 1. The smallest absolute Gasteiger partial charge is 0.223 e. The molecule has 1 aliphatic carbocycles. The normalized spacial score (nSPS) is 21.0. The number of anilines is 1. The summed E-state index contributed by atoms with van der Waals surface area (Å²) in [6, 6.07) is 5.95. The Hall–Kier alpha value is -1.62. The lowest BCUT2D eigenvalue weighted by Crippen LogP contribution is -2.51. The van der Waals surface area contributed by atoms with Crippen LogP contribution in [0.15, 0.2) is 24.4 Å². The van der Waals surface area contributed by atoms with E-state index in [1.54, 1.807) is 0 Å². The Labute approximate surface area is 126 Å². The van der Waals surface area contributed by atoms with E-state index in [9.17, 15) is 4.79 Å². The lowest BCUT2D eigenvalue weighted by Gasteiger charge is -2.43. The minimum atomic E-state index is 0.106. The summed E-state index contributed by atoms with van der Waals surface area (Å²) in [7, 11) is 0. The predicted molar refractivity (Wildman–Crippen MR) is 83.0 cm³/mol. The third-order valence-electron chi connectivity index (χ3n) is 4.98. The van der Waals surface area contributed by atoms with Crippen molar-refractivity contribution in [3.05, 3.63) is 24.4 Å². The number of aromatic nitrogens is 1. The van der Waals surface area contributed by atoms with Gasteiger partial charge in [0, 0.05) is 38.8 Å². The van der Waals surface area contributed by atoms with Crippen molar-refractivity contribution in [1.29, 1.82) is 0 Å². The second kappa shape index (κ2) is 6.02. The van der Waals surface area contributed by atoms with Crippen molar-refractivity contribution in [2.75, 3.05) is 37.6 Å². The topological polar surface area (TPSA) is 62.5 Å². The molecule has 1 saturated heterocycles. The molecule has 2 N–H and O–H groups in total. The molecular weight excluding hydrogens is 264 g/mol. The number of nitrogens with zero attached hydrogens (tertiary/aromatic N) is 3. The fourth-order valence-corrected chi connectivity index (χ4v) is 3.29. The van der Waals surface area contributed by atoms with Gasteiger partial charge in [-0.25, -0.2) is 4.98 Å². The van der Waals surface area contributed by atoms with Crippen molar-refractivity contribution in [3.8, 4) is 0 Å². The largest absolute Gasteiger partial charge is 0.353 e. The van der Waals surface area contributed by atoms with E-state index in [1.807, 2.05) is 29.3 Å². The quantitative estimate of drug-likeness (QED) is 0.906. The van der Waals surface area contributed by atoms with Gasteiger partial charge in [-0.1, -0.05) is 12.5 Å². The molecule has 1 aromatic rings. The summed E-state index contributed by atoms with van der Waals surface area (Å²) in [4.78, 5) is 21.1. The van der Waals surface area contributed by atoms with Gasteiger partial charge in [-0.15, -0.1) is 0 Å². The van der Waals surface area contributed by atoms with Gasteiger partial charge in [0.15, 0.2) is 0 Å². The van der Waals surface area contributed by atoms with E-state index in [0.29, 0.717) is 13.0 Å². The number of piperazine rings is 1. The molecule has 3 rings (SSSR count). The molecule has 114 valence electrons. The van der Waals surface area contributed by atoms with E-state index in [0.717, 1.165) is 44.8 Å². The van der Waals surface area contributed by atoms with Gasteiger partial charge in [0.05, 0.1) is 0 Å². The molecule has 0 atom stereocenters. The first-order valence-electron chi connectivity index (χ1n) is 7.86. The number of hydrogen-bond acceptors (Lipinski definition) is 4. The maximum atomic E-state index is 12.4. The Morgan fingerprint density at radius 1 is 1.24 bits per heavy atom. The SMILES string of the molecule is NCC1(CC(=O)N2CCN(c3ccccn3)CC2)CCC1. The van der Waals surface area contributed by atoms with Crippen LogP contribution in [0.4, 0.5) is 5.82 Å². The summed E-state index contributed by atoms with van der Waals surface area (Å²) < 4.78 is 0. The van der Waals surface area contributed by atoms with Crippen LogP contribution in [0.2, 0.25) is 0 Å². The number of hydrogen-bond donors (Lipinski definition) is 1. The van der Waals surface area contributed by atoms with Crippen LogP contribution in [0.25, 0.3) is 0 Å². The minimum Gasteiger partial charge on any atom is -0.353 e. The highest BCUT2D eigenvalue weighted by Crippen LogP contribution is 2.43. The lowest BCUT2D eigenvalue weighted by molar-refractivity contribution is -0.135. The highest BCUT2D eigenvalue weighted by Gasteiger charge is 2.39. The molecule has 0 aromatic carbocycles. The molecule has 0 spiro atoms. The monoisotopic (exact) mass is 288 g/mol. The Morgan fingerprint density at radius 2 is 2.00 bits per heavy atom. The van der Waals surface area contributed by atoms with Gasteiger partial charge in [-0.05, 0) is 36.9 Å². The molecule has 2 aliphatic rings. The maximum absolute atomic E-state index is 12.4. The van der Waals surface area contributed by atoms with Crippen molar-refractivity contribution >= 4 is 11.7 Å². The molecule has 0 bridgehead atoms. The number of pyridine rings is 1. The van der Waals surface area contributed by atoms with Gasteiger partial charge in [0.25, 0.3) is 0 Å². The van der Waals surface area contributed by atoms with Crippen molar-refractivity contribution in [2.45, 2.75) is 25.7 Å². The zero-order chi connectivity index (χ0) is 14.7. The zero-order valence-electron chi connectivity index (χ0n) is 12.5. The number of carbonyl (C=O) groups excluding carboxylic acids is 1. The molecule has 0 radical (unpaired) electrons. The summed E-state index contributed by atoms with van der Waals surface area (Å²) >= 11 is 0. The second-order valence-electron chi connectivity index (χ2n) is 6.29. The van der Waals surface area contributed by atoms with Gasteiger partial charge < -0.3 is 15.5 Å². The summed E-state index contributed by atoms with van der Waals surface area (Å²) in [6.07, 6.45) is 5.89. The third-order valence-corrected chi connectivity index (χ3v) is 4.98. The van der Waals surface area contributed by atoms with Crippen LogP contribution in [0.3, 0.4) is 0 Å². The van der Waals surface area contributed by atoms with Crippen LogP contribution in [-0.4, -0.2) is 48.5 Å². The van der Waals surface area contributed by atoms with E-state index in [4.69, 9.17) is 5.73 Å². The molecule has 1 aliphatic heterocycles. The van der Waals surface area contributed by atoms with Crippen LogP contribution < -0.4 is 10.6 Å². The lowest BCUT2D eigenvalue weighted by atomic mass is 9.66. The van der Waals surface area contributed by atoms with Crippen LogP contribution in [0.5, 0.6) is 0 Å². The Kier molecular flexibility index (Phi) is 4.10. The summed E-state index contributed by atoms with van der Waals surface area (Å²) in [5, 5.41) is 0. The molecule has 1 saturated carbocycles. The van der Waals surface area contributed by atoms with E-state index < -0.39 is 0 Å².